The van der Waals surface area contributed by atoms with E-state index in [0.717, 1.165) is 21.3 Å². The highest BCUT2D eigenvalue weighted by molar-refractivity contribution is 7.54. The van der Waals surface area contributed by atoms with Crippen LogP contribution in [0.1, 0.15) is 33.6 Å². The molecule has 0 aliphatic rings. The van der Waals surface area contributed by atoms with Crippen LogP contribution in [0.2, 0.25) is 0 Å². The summed E-state index contributed by atoms with van der Waals surface area (Å²) in [6.07, 6.45) is 2.07. The molecule has 0 aliphatic heterocycles. The number of esters is 1. The molecule has 12 heteroatoms. The molecule has 0 aromatic carbocycles. The van der Waals surface area contributed by atoms with Gasteiger partial charge in [-0.25, -0.2) is 9.59 Å². The average molecular weight is 453 g/mol. The van der Waals surface area contributed by atoms with E-state index in [2.05, 4.69) is 9.47 Å². The van der Waals surface area contributed by atoms with Crippen LogP contribution in [0, 0.1) is 0 Å². The van der Waals surface area contributed by atoms with Gasteiger partial charge < -0.3 is 28.0 Å². The van der Waals surface area contributed by atoms with E-state index in [1.807, 2.05) is 0 Å². The van der Waals surface area contributed by atoms with Gasteiger partial charge in [0.05, 0.1) is 14.2 Å². The van der Waals surface area contributed by atoms with Crippen molar-refractivity contribution in [2.45, 2.75) is 45.1 Å². The minimum atomic E-state index is -3.74. The summed E-state index contributed by atoms with van der Waals surface area (Å²) in [5, 5.41) is 0. The molecule has 1 unspecified atom stereocenters. The smallest absolute Gasteiger partial charge is 0.468 e. The summed E-state index contributed by atoms with van der Waals surface area (Å²) in [6, 6.07) is 0. The number of carbonyl (C=O) groups excluding carboxylic acids is 3. The van der Waals surface area contributed by atoms with Crippen molar-refractivity contribution in [1.29, 1.82) is 0 Å². The Morgan fingerprint density at radius 3 is 2.10 bits per heavy atom. The van der Waals surface area contributed by atoms with Crippen LogP contribution in [0.3, 0.4) is 0 Å². The maximum atomic E-state index is 12.5. The molecule has 0 N–H and O–H groups in total. The summed E-state index contributed by atoms with van der Waals surface area (Å²) in [7, 11) is 0.921. The molecule has 0 radical (unpaired) electrons. The summed E-state index contributed by atoms with van der Waals surface area (Å²) < 4.78 is 41.4. The maximum absolute atomic E-state index is 12.5. The predicted octanol–water partition coefficient (Wildman–Crippen LogP) is 3.33. The standard InChI is InChI=1S/C18H32NO10P/c1-18(2,3)29-16(21)19(13-14(20)24-4)12-10-8-9-11-15(28-17(22)25-5)30(23,26-6)27-7/h9,11,15H,8,10,12-13H2,1-7H3/b11-9+. The fourth-order valence-electron chi connectivity index (χ4n) is 2.03. The van der Waals surface area contributed by atoms with Gasteiger partial charge in [0.1, 0.15) is 12.1 Å². The fourth-order valence-corrected chi connectivity index (χ4v) is 3.14. The molecule has 0 aromatic rings. The van der Waals surface area contributed by atoms with Crippen LogP contribution < -0.4 is 0 Å². The number of hydrogen-bond acceptors (Lipinski definition) is 10. The highest BCUT2D eigenvalue weighted by Gasteiger charge is 2.36. The first kappa shape index (κ1) is 27.9. The van der Waals surface area contributed by atoms with Gasteiger partial charge >= 0.3 is 25.8 Å². The largest absolute Gasteiger partial charge is 0.509 e. The second-order valence-corrected chi connectivity index (χ2v) is 9.23. The topological polar surface area (TPSA) is 127 Å². The molecule has 0 fully saturated rings. The van der Waals surface area contributed by atoms with Crippen LogP contribution in [-0.4, -0.2) is 76.1 Å². The first-order valence-electron chi connectivity index (χ1n) is 9.09. The van der Waals surface area contributed by atoms with Crippen LogP contribution >= 0.6 is 7.60 Å². The van der Waals surface area contributed by atoms with E-state index in [9.17, 15) is 18.9 Å². The molecule has 11 nitrogen and oxygen atoms in total. The molecule has 30 heavy (non-hydrogen) atoms. The minimum absolute atomic E-state index is 0.198. The molecule has 0 bridgehead atoms. The first-order chi connectivity index (χ1) is 13.9. The average Bonchev–Trinajstić information content (AvgIpc) is 2.69. The Kier molecular flexibility index (Phi) is 12.3. The van der Waals surface area contributed by atoms with Crippen molar-refractivity contribution in [3.8, 4) is 0 Å². The Labute approximate surface area is 177 Å². The van der Waals surface area contributed by atoms with Gasteiger partial charge in [-0.05, 0) is 39.7 Å². The number of rotatable bonds is 11. The van der Waals surface area contributed by atoms with E-state index in [1.54, 1.807) is 26.8 Å². The van der Waals surface area contributed by atoms with Crippen molar-refractivity contribution in [1.82, 2.24) is 4.90 Å². The minimum Gasteiger partial charge on any atom is -0.468 e. The normalized spacial score (nSPS) is 12.9. The Morgan fingerprint density at radius 1 is 1.03 bits per heavy atom. The van der Waals surface area contributed by atoms with E-state index in [4.69, 9.17) is 18.5 Å². The molecule has 0 aliphatic carbocycles. The van der Waals surface area contributed by atoms with Crippen LogP contribution in [0.5, 0.6) is 0 Å². The van der Waals surface area contributed by atoms with Gasteiger partial charge in [0.25, 0.3) is 0 Å². The van der Waals surface area contributed by atoms with Crippen LogP contribution in [-0.2, 0) is 37.4 Å². The van der Waals surface area contributed by atoms with Gasteiger partial charge in [-0.2, -0.15) is 0 Å². The lowest BCUT2D eigenvalue weighted by molar-refractivity contribution is -0.141. The van der Waals surface area contributed by atoms with Crippen molar-refractivity contribution >= 4 is 25.8 Å². The van der Waals surface area contributed by atoms with Gasteiger partial charge in [-0.1, -0.05) is 6.08 Å². The number of carbonyl (C=O) groups is 3. The number of hydrogen-bond donors (Lipinski definition) is 0. The highest BCUT2D eigenvalue weighted by Crippen LogP contribution is 2.52. The molecule has 0 spiro atoms. The van der Waals surface area contributed by atoms with E-state index in [0.29, 0.717) is 12.8 Å². The molecule has 0 heterocycles. The molecule has 1 atom stereocenters. The lowest BCUT2D eigenvalue weighted by Crippen LogP contribution is -2.40. The number of allylic oxidation sites excluding steroid dienone is 1. The number of unbranched alkanes of at least 4 members (excludes halogenated alkanes) is 1. The fraction of sp³-hybridized carbons (Fsp3) is 0.722. The van der Waals surface area contributed by atoms with Crippen LogP contribution in [0.15, 0.2) is 12.2 Å². The van der Waals surface area contributed by atoms with Gasteiger partial charge in [0, 0.05) is 20.8 Å². The zero-order chi connectivity index (χ0) is 23.4. The van der Waals surface area contributed by atoms with Crippen molar-refractivity contribution in [2.75, 3.05) is 41.5 Å². The lowest BCUT2D eigenvalue weighted by atomic mass is 10.2. The number of nitrogens with zero attached hydrogens (tertiary/aromatic N) is 1. The van der Waals surface area contributed by atoms with Crippen molar-refractivity contribution in [3.05, 3.63) is 12.2 Å². The molecule has 174 valence electrons. The Bertz CT molecular complexity index is 635. The lowest BCUT2D eigenvalue weighted by Gasteiger charge is -2.26. The quantitative estimate of drug-likeness (QED) is 0.151. The van der Waals surface area contributed by atoms with Gasteiger partial charge in [-0.3, -0.25) is 14.3 Å². The molecule has 0 saturated heterocycles. The van der Waals surface area contributed by atoms with E-state index < -0.39 is 37.3 Å². The van der Waals surface area contributed by atoms with Crippen molar-refractivity contribution < 1.29 is 46.9 Å². The Hall–Kier alpha value is -2.10. The van der Waals surface area contributed by atoms with Crippen LogP contribution in [0.25, 0.3) is 0 Å². The first-order valence-corrected chi connectivity index (χ1v) is 10.7. The molecular formula is C18H32NO10P. The summed E-state index contributed by atoms with van der Waals surface area (Å²) in [5.74, 6) is -1.89. The van der Waals surface area contributed by atoms with Crippen LogP contribution in [0.4, 0.5) is 9.59 Å². The molecular weight excluding hydrogens is 421 g/mol. The Balaban J connectivity index is 5.02. The van der Waals surface area contributed by atoms with Gasteiger partial charge in [0.15, 0.2) is 0 Å². The molecule has 1 amide bonds. The van der Waals surface area contributed by atoms with E-state index >= 15 is 0 Å². The maximum Gasteiger partial charge on any atom is 0.509 e. The summed E-state index contributed by atoms with van der Waals surface area (Å²) in [5.41, 5.74) is -0.717. The molecule has 0 saturated carbocycles. The van der Waals surface area contributed by atoms with Gasteiger partial charge in [-0.15, -0.1) is 0 Å². The third-order valence-electron chi connectivity index (χ3n) is 3.50. The number of ether oxygens (including phenoxy) is 4. The van der Waals surface area contributed by atoms with E-state index in [-0.39, 0.29) is 13.1 Å². The zero-order valence-corrected chi connectivity index (χ0v) is 19.4. The SMILES string of the molecule is COC(=O)CN(CCC/C=C/C(OC(=O)OC)P(=O)(OC)OC)C(=O)OC(C)(C)C. The molecule has 0 rings (SSSR count). The predicted molar refractivity (Wildman–Crippen MR) is 107 cm³/mol. The van der Waals surface area contributed by atoms with Crippen molar-refractivity contribution in [3.63, 3.8) is 0 Å². The summed E-state index contributed by atoms with van der Waals surface area (Å²) in [4.78, 5) is 36.5. The van der Waals surface area contributed by atoms with E-state index in [1.165, 1.54) is 18.1 Å². The number of amides is 1. The molecule has 0 aromatic heterocycles. The van der Waals surface area contributed by atoms with Crippen molar-refractivity contribution in [2.24, 2.45) is 0 Å². The number of methoxy groups -OCH3 is 2. The summed E-state index contributed by atoms with van der Waals surface area (Å²) in [6.45, 7) is 5.09. The zero-order valence-electron chi connectivity index (χ0n) is 18.5. The Morgan fingerprint density at radius 2 is 1.63 bits per heavy atom. The summed E-state index contributed by atoms with van der Waals surface area (Å²) >= 11 is 0. The third-order valence-corrected chi connectivity index (χ3v) is 5.42. The second-order valence-electron chi connectivity index (χ2n) is 6.92. The third kappa shape index (κ3) is 10.6. The highest BCUT2D eigenvalue weighted by atomic mass is 31.2. The second kappa shape index (κ2) is 13.3. The van der Waals surface area contributed by atoms with Gasteiger partial charge in [0.2, 0.25) is 5.85 Å². The monoisotopic (exact) mass is 453 g/mol.